The predicted octanol–water partition coefficient (Wildman–Crippen LogP) is 2.97. The summed E-state index contributed by atoms with van der Waals surface area (Å²) in [5, 5.41) is 0. The lowest BCUT2D eigenvalue weighted by Crippen LogP contribution is -2.32. The van der Waals surface area contributed by atoms with E-state index in [1.807, 2.05) is 18.3 Å². The first kappa shape index (κ1) is 13.1. The Labute approximate surface area is 110 Å². The van der Waals surface area contributed by atoms with Gasteiger partial charge < -0.3 is 4.90 Å². The van der Waals surface area contributed by atoms with Crippen molar-refractivity contribution in [2.45, 2.75) is 39.7 Å². The summed E-state index contributed by atoms with van der Waals surface area (Å²) in [7, 11) is 0. The van der Waals surface area contributed by atoms with E-state index >= 15 is 0 Å². The lowest BCUT2D eigenvalue weighted by molar-refractivity contribution is 0.376. The van der Waals surface area contributed by atoms with Crippen molar-refractivity contribution >= 4 is 5.84 Å². The Kier molecular flexibility index (Phi) is 4.34. The van der Waals surface area contributed by atoms with Gasteiger partial charge in [0, 0.05) is 19.3 Å². The largest absolute Gasteiger partial charge is 0.353 e. The zero-order chi connectivity index (χ0) is 13.0. The molecule has 3 nitrogen and oxygen atoms in total. The van der Waals surface area contributed by atoms with Gasteiger partial charge in [0.1, 0.15) is 11.5 Å². The Balaban J connectivity index is 2.19. The molecule has 0 aromatic carbocycles. The molecule has 0 spiro atoms. The number of aliphatic imine (C=N–C) groups is 1. The van der Waals surface area contributed by atoms with Gasteiger partial charge in [0.05, 0.1) is 6.04 Å². The highest BCUT2D eigenvalue weighted by Gasteiger charge is 2.27. The van der Waals surface area contributed by atoms with Gasteiger partial charge in [-0.3, -0.25) is 9.98 Å². The van der Waals surface area contributed by atoms with Gasteiger partial charge >= 0.3 is 0 Å². The van der Waals surface area contributed by atoms with Gasteiger partial charge in [0.2, 0.25) is 0 Å². The van der Waals surface area contributed by atoms with Crippen molar-refractivity contribution in [3.05, 3.63) is 30.1 Å². The van der Waals surface area contributed by atoms with E-state index in [4.69, 9.17) is 4.99 Å². The van der Waals surface area contributed by atoms with Crippen LogP contribution in [0.1, 0.15) is 39.3 Å². The summed E-state index contributed by atoms with van der Waals surface area (Å²) < 4.78 is 0. The second kappa shape index (κ2) is 5.98. The zero-order valence-electron chi connectivity index (χ0n) is 11.6. The van der Waals surface area contributed by atoms with Crippen LogP contribution in [0.15, 0.2) is 29.4 Å². The van der Waals surface area contributed by atoms with Gasteiger partial charge in [-0.25, -0.2) is 0 Å². The topological polar surface area (TPSA) is 28.5 Å². The van der Waals surface area contributed by atoms with Gasteiger partial charge in [-0.05, 0) is 24.5 Å². The summed E-state index contributed by atoms with van der Waals surface area (Å²) in [5.74, 6) is 1.68. The van der Waals surface area contributed by atoms with Crippen LogP contribution in [0.3, 0.4) is 0 Å². The Morgan fingerprint density at radius 1 is 1.39 bits per heavy atom. The monoisotopic (exact) mass is 245 g/mol. The minimum absolute atomic E-state index is 0.416. The zero-order valence-corrected chi connectivity index (χ0v) is 11.6. The fourth-order valence-corrected chi connectivity index (χ4v) is 2.22. The van der Waals surface area contributed by atoms with Gasteiger partial charge in [-0.15, -0.1) is 0 Å². The van der Waals surface area contributed by atoms with E-state index in [-0.39, 0.29) is 0 Å². The van der Waals surface area contributed by atoms with Crippen molar-refractivity contribution in [1.29, 1.82) is 0 Å². The summed E-state index contributed by atoms with van der Waals surface area (Å²) in [6.45, 7) is 8.85. The van der Waals surface area contributed by atoms with E-state index in [0.717, 1.165) is 24.6 Å². The molecule has 0 radical (unpaired) electrons. The summed E-state index contributed by atoms with van der Waals surface area (Å²) in [6, 6.07) is 6.46. The molecule has 0 amide bonds. The summed E-state index contributed by atoms with van der Waals surface area (Å²) in [6.07, 6.45) is 4.29. The molecule has 2 heterocycles. The molecular formula is C15H23N3. The third kappa shape index (κ3) is 2.89. The first-order valence-corrected chi connectivity index (χ1v) is 6.96. The molecule has 3 heteroatoms. The molecule has 0 aliphatic carbocycles. The first-order chi connectivity index (χ1) is 8.72. The molecule has 98 valence electrons. The van der Waals surface area contributed by atoms with E-state index in [0.29, 0.717) is 12.0 Å². The van der Waals surface area contributed by atoms with Crippen molar-refractivity contribution in [3.63, 3.8) is 0 Å². The minimum atomic E-state index is 0.416. The number of aromatic nitrogens is 1. The van der Waals surface area contributed by atoms with Gasteiger partial charge in [0.25, 0.3) is 0 Å². The second-order valence-electron chi connectivity index (χ2n) is 5.28. The van der Waals surface area contributed by atoms with Crippen LogP contribution in [-0.2, 0) is 0 Å². The van der Waals surface area contributed by atoms with E-state index in [1.54, 1.807) is 0 Å². The van der Waals surface area contributed by atoms with Crippen LogP contribution in [-0.4, -0.2) is 34.9 Å². The van der Waals surface area contributed by atoms with Crippen LogP contribution in [0.2, 0.25) is 0 Å². The average molecular weight is 245 g/mol. The fraction of sp³-hybridized carbons (Fsp3) is 0.600. The lowest BCUT2D eigenvalue weighted by atomic mass is 10.1. The number of nitrogens with zero attached hydrogens (tertiary/aromatic N) is 3. The fourth-order valence-electron chi connectivity index (χ4n) is 2.22. The molecule has 1 aromatic heterocycles. The summed E-state index contributed by atoms with van der Waals surface area (Å²) in [5.41, 5.74) is 1.01. The SMILES string of the molecule is CCCCN1C[C@H](C(C)C)N=C1c1ccccn1. The maximum Gasteiger partial charge on any atom is 0.150 e. The van der Waals surface area contributed by atoms with E-state index in [1.165, 1.54) is 12.8 Å². The van der Waals surface area contributed by atoms with Crippen molar-refractivity contribution in [3.8, 4) is 0 Å². The third-order valence-corrected chi connectivity index (χ3v) is 3.44. The number of pyridine rings is 1. The lowest BCUT2D eigenvalue weighted by Gasteiger charge is -2.21. The van der Waals surface area contributed by atoms with Crippen LogP contribution < -0.4 is 0 Å². The normalized spacial score (nSPS) is 19.4. The Morgan fingerprint density at radius 3 is 2.83 bits per heavy atom. The quantitative estimate of drug-likeness (QED) is 0.798. The van der Waals surface area contributed by atoms with Crippen molar-refractivity contribution in [1.82, 2.24) is 9.88 Å². The minimum Gasteiger partial charge on any atom is -0.353 e. The molecule has 1 aliphatic rings. The number of rotatable bonds is 5. The van der Waals surface area contributed by atoms with Gasteiger partial charge in [-0.2, -0.15) is 0 Å². The van der Waals surface area contributed by atoms with Crippen molar-refractivity contribution in [2.75, 3.05) is 13.1 Å². The number of hydrogen-bond donors (Lipinski definition) is 0. The average Bonchev–Trinajstić information content (AvgIpc) is 2.81. The van der Waals surface area contributed by atoms with Gasteiger partial charge in [-0.1, -0.05) is 33.3 Å². The van der Waals surface area contributed by atoms with Crippen LogP contribution in [0.25, 0.3) is 0 Å². The number of unbranched alkanes of at least 4 members (excludes halogenated alkanes) is 1. The van der Waals surface area contributed by atoms with Crippen molar-refractivity contribution < 1.29 is 0 Å². The molecular weight excluding hydrogens is 222 g/mol. The van der Waals surface area contributed by atoms with Crippen LogP contribution >= 0.6 is 0 Å². The molecule has 0 fully saturated rings. The van der Waals surface area contributed by atoms with E-state index in [9.17, 15) is 0 Å². The van der Waals surface area contributed by atoms with E-state index < -0.39 is 0 Å². The first-order valence-electron chi connectivity index (χ1n) is 6.96. The molecule has 1 atom stereocenters. The number of amidine groups is 1. The highest BCUT2D eigenvalue weighted by molar-refractivity contribution is 5.98. The molecule has 0 saturated carbocycles. The number of hydrogen-bond acceptors (Lipinski definition) is 3. The Bertz CT molecular complexity index is 397. The smallest absolute Gasteiger partial charge is 0.150 e. The van der Waals surface area contributed by atoms with Crippen LogP contribution in [0.4, 0.5) is 0 Å². The molecule has 0 N–H and O–H groups in total. The van der Waals surface area contributed by atoms with Crippen LogP contribution in [0.5, 0.6) is 0 Å². The highest BCUT2D eigenvalue weighted by atomic mass is 15.3. The third-order valence-electron chi connectivity index (χ3n) is 3.44. The second-order valence-corrected chi connectivity index (χ2v) is 5.28. The van der Waals surface area contributed by atoms with Crippen LogP contribution in [0, 0.1) is 5.92 Å². The summed E-state index contributed by atoms with van der Waals surface area (Å²) in [4.78, 5) is 11.7. The Hall–Kier alpha value is -1.38. The van der Waals surface area contributed by atoms with E-state index in [2.05, 4.69) is 36.7 Å². The predicted molar refractivity (Wildman–Crippen MR) is 75.9 cm³/mol. The highest BCUT2D eigenvalue weighted by Crippen LogP contribution is 2.20. The standard InChI is InChI=1S/C15H23N3/c1-4-5-10-18-11-14(12(2)3)17-15(18)13-8-6-7-9-16-13/h6-9,12,14H,4-5,10-11H2,1-3H3/t14-/m1/s1. The summed E-state index contributed by atoms with van der Waals surface area (Å²) >= 11 is 0. The molecule has 2 rings (SSSR count). The molecule has 0 unspecified atom stereocenters. The maximum atomic E-state index is 4.87. The molecule has 1 aromatic rings. The molecule has 0 saturated heterocycles. The van der Waals surface area contributed by atoms with Crippen molar-refractivity contribution in [2.24, 2.45) is 10.9 Å². The molecule has 1 aliphatic heterocycles. The molecule has 18 heavy (non-hydrogen) atoms. The van der Waals surface area contributed by atoms with Gasteiger partial charge in [0.15, 0.2) is 0 Å². The Morgan fingerprint density at radius 2 is 2.22 bits per heavy atom. The molecule has 0 bridgehead atoms. The maximum absolute atomic E-state index is 4.87.